The lowest BCUT2D eigenvalue weighted by Crippen LogP contribution is -2.52. The largest absolute Gasteiger partial charge is 0.447 e. The first-order chi connectivity index (χ1) is 19.2. The standard InChI is InChI=1S/C27H25N7O5S/c1-40(37,38)21-9-18(11-28-14-21)26(35)30-13-19-10-24-17(12-29-19)5-6-23(31-24)22-3-2-4-25(32-22)33-7-8-34-20(15-33)16-39-27(34)36/h2-6,9-12,14,20H,7-8,13,15-16H2,1H3,(H,30,35)/t20-/m0/s1. The normalized spacial score (nSPS) is 17.0. The molecule has 40 heavy (non-hydrogen) atoms. The number of carbonyl (C=O) groups excluding carboxylic acids is 2. The van der Waals surface area contributed by atoms with Gasteiger partial charge in [0, 0.05) is 49.9 Å². The van der Waals surface area contributed by atoms with Crippen LogP contribution in [0.25, 0.3) is 22.3 Å². The van der Waals surface area contributed by atoms with Crippen LogP contribution in [-0.2, 0) is 21.1 Å². The van der Waals surface area contributed by atoms with E-state index < -0.39 is 15.7 Å². The van der Waals surface area contributed by atoms with Crippen molar-refractivity contribution in [3.63, 3.8) is 0 Å². The second-order valence-corrected chi connectivity index (χ2v) is 11.7. The number of hydrogen-bond donors (Lipinski definition) is 1. The molecular weight excluding hydrogens is 534 g/mol. The topological polar surface area (TPSA) is 148 Å². The molecular formula is C27H25N7O5S. The van der Waals surface area contributed by atoms with Crippen LogP contribution in [0.4, 0.5) is 10.6 Å². The average Bonchev–Trinajstić information content (AvgIpc) is 3.35. The molecule has 0 bridgehead atoms. The molecule has 2 saturated heterocycles. The third-order valence-corrected chi connectivity index (χ3v) is 7.98. The Bertz CT molecular complexity index is 1750. The van der Waals surface area contributed by atoms with Crippen molar-refractivity contribution in [2.45, 2.75) is 17.5 Å². The number of amides is 2. The number of piperazine rings is 1. The first-order valence-electron chi connectivity index (χ1n) is 12.6. The molecule has 6 rings (SSSR count). The van der Waals surface area contributed by atoms with Gasteiger partial charge in [-0.1, -0.05) is 6.07 Å². The highest BCUT2D eigenvalue weighted by molar-refractivity contribution is 7.90. The third-order valence-electron chi connectivity index (χ3n) is 6.90. The SMILES string of the molecule is CS(=O)(=O)c1cncc(C(=O)NCc2cc3nc(-c4cccc(N5CCN6C(=O)OC[C@@H]6C5)n4)ccc3cn2)c1. The van der Waals surface area contributed by atoms with Gasteiger partial charge >= 0.3 is 6.09 Å². The maximum absolute atomic E-state index is 12.6. The van der Waals surface area contributed by atoms with Gasteiger partial charge in [-0.2, -0.15) is 0 Å². The predicted molar refractivity (Wildman–Crippen MR) is 145 cm³/mol. The summed E-state index contributed by atoms with van der Waals surface area (Å²) in [6.07, 6.45) is 5.02. The van der Waals surface area contributed by atoms with Crippen molar-refractivity contribution in [1.29, 1.82) is 0 Å². The molecule has 0 aromatic carbocycles. The predicted octanol–water partition coefficient (Wildman–Crippen LogP) is 2.06. The number of hydrogen-bond acceptors (Lipinski definition) is 10. The summed E-state index contributed by atoms with van der Waals surface area (Å²) in [5.74, 6) is 0.350. The summed E-state index contributed by atoms with van der Waals surface area (Å²) < 4.78 is 28.7. The summed E-state index contributed by atoms with van der Waals surface area (Å²) in [6.45, 7) is 2.43. The number of anilines is 1. The van der Waals surface area contributed by atoms with Crippen molar-refractivity contribution >= 4 is 38.6 Å². The average molecular weight is 560 g/mol. The number of nitrogens with one attached hydrogen (secondary N) is 1. The van der Waals surface area contributed by atoms with Crippen LogP contribution in [0.2, 0.25) is 0 Å². The number of cyclic esters (lactones) is 1. The number of carbonyl (C=O) groups is 2. The number of pyridine rings is 4. The van der Waals surface area contributed by atoms with Crippen LogP contribution in [0.15, 0.2) is 66.0 Å². The molecule has 6 heterocycles. The van der Waals surface area contributed by atoms with E-state index in [4.69, 9.17) is 14.7 Å². The number of aromatic nitrogens is 4. The fourth-order valence-electron chi connectivity index (χ4n) is 4.75. The summed E-state index contributed by atoms with van der Waals surface area (Å²) in [4.78, 5) is 46.2. The van der Waals surface area contributed by atoms with Crippen LogP contribution in [-0.4, -0.2) is 83.8 Å². The number of nitrogens with zero attached hydrogens (tertiary/aromatic N) is 6. The van der Waals surface area contributed by atoms with Crippen molar-refractivity contribution in [3.8, 4) is 11.4 Å². The van der Waals surface area contributed by atoms with Crippen molar-refractivity contribution in [3.05, 3.63) is 72.3 Å². The van der Waals surface area contributed by atoms with Crippen LogP contribution in [0.5, 0.6) is 0 Å². The zero-order chi connectivity index (χ0) is 27.9. The Balaban J connectivity index is 1.18. The summed E-state index contributed by atoms with van der Waals surface area (Å²) in [7, 11) is -3.48. The van der Waals surface area contributed by atoms with Crippen molar-refractivity contribution in [1.82, 2.24) is 30.2 Å². The molecule has 1 N–H and O–H groups in total. The smallest absolute Gasteiger partial charge is 0.410 e. The van der Waals surface area contributed by atoms with E-state index in [2.05, 4.69) is 20.2 Å². The molecule has 2 amide bonds. The Morgan fingerprint density at radius 1 is 1.07 bits per heavy atom. The second-order valence-electron chi connectivity index (χ2n) is 9.68. The summed E-state index contributed by atoms with van der Waals surface area (Å²) in [5.41, 5.74) is 2.83. The van der Waals surface area contributed by atoms with Gasteiger partial charge in [0.1, 0.15) is 12.4 Å². The van der Waals surface area contributed by atoms with Crippen molar-refractivity contribution in [2.24, 2.45) is 0 Å². The minimum atomic E-state index is -3.48. The molecule has 4 aromatic heterocycles. The number of rotatable bonds is 6. The summed E-state index contributed by atoms with van der Waals surface area (Å²) in [5, 5.41) is 3.59. The molecule has 2 fully saturated rings. The van der Waals surface area contributed by atoms with Crippen LogP contribution >= 0.6 is 0 Å². The quantitative estimate of drug-likeness (QED) is 0.372. The van der Waals surface area contributed by atoms with Gasteiger partial charge in [-0.3, -0.25) is 19.7 Å². The fraction of sp³-hybridized carbons (Fsp3) is 0.259. The highest BCUT2D eigenvalue weighted by Crippen LogP contribution is 2.25. The van der Waals surface area contributed by atoms with E-state index in [1.54, 1.807) is 17.2 Å². The van der Waals surface area contributed by atoms with Gasteiger partial charge in [0.25, 0.3) is 5.91 Å². The molecule has 2 aliphatic heterocycles. The lowest BCUT2D eigenvalue weighted by Gasteiger charge is -2.36. The molecule has 1 atom stereocenters. The molecule has 12 nitrogen and oxygen atoms in total. The van der Waals surface area contributed by atoms with Gasteiger partial charge < -0.3 is 15.0 Å². The molecule has 0 aliphatic carbocycles. The van der Waals surface area contributed by atoms with Crippen LogP contribution < -0.4 is 10.2 Å². The fourth-order valence-corrected chi connectivity index (χ4v) is 5.35. The van der Waals surface area contributed by atoms with Gasteiger partial charge in [-0.25, -0.2) is 23.2 Å². The zero-order valence-corrected chi connectivity index (χ0v) is 22.3. The van der Waals surface area contributed by atoms with Gasteiger partial charge in [0.2, 0.25) is 0 Å². The Morgan fingerprint density at radius 2 is 1.93 bits per heavy atom. The van der Waals surface area contributed by atoms with Gasteiger partial charge in [-0.05, 0) is 36.4 Å². The van der Waals surface area contributed by atoms with Gasteiger partial charge in [0.05, 0.1) is 45.6 Å². The summed E-state index contributed by atoms with van der Waals surface area (Å²) in [6, 6.07) is 12.7. The molecule has 0 unspecified atom stereocenters. The number of fused-ring (bicyclic) bond motifs is 2. The number of sulfone groups is 1. The monoisotopic (exact) mass is 559 g/mol. The highest BCUT2D eigenvalue weighted by atomic mass is 32.2. The van der Waals surface area contributed by atoms with E-state index in [-0.39, 0.29) is 29.1 Å². The first kappa shape index (κ1) is 25.6. The van der Waals surface area contributed by atoms with E-state index in [1.165, 1.54) is 18.5 Å². The van der Waals surface area contributed by atoms with E-state index in [0.717, 1.165) is 17.5 Å². The molecule has 2 aliphatic rings. The Labute approximate surface area is 230 Å². The summed E-state index contributed by atoms with van der Waals surface area (Å²) >= 11 is 0. The molecule has 204 valence electrons. The Hall–Kier alpha value is -4.65. The van der Waals surface area contributed by atoms with E-state index in [9.17, 15) is 18.0 Å². The molecule has 0 saturated carbocycles. The van der Waals surface area contributed by atoms with Crippen molar-refractivity contribution < 1.29 is 22.7 Å². The highest BCUT2D eigenvalue weighted by Gasteiger charge is 2.37. The van der Waals surface area contributed by atoms with E-state index >= 15 is 0 Å². The minimum Gasteiger partial charge on any atom is -0.447 e. The molecule has 13 heteroatoms. The molecule has 0 spiro atoms. The Kier molecular flexibility index (Phi) is 6.50. The Morgan fingerprint density at radius 3 is 2.77 bits per heavy atom. The maximum atomic E-state index is 12.6. The number of ether oxygens (including phenoxy) is 1. The van der Waals surface area contributed by atoms with E-state index in [1.807, 2.05) is 30.3 Å². The third kappa shape index (κ3) is 5.15. The van der Waals surface area contributed by atoms with Gasteiger partial charge in [-0.15, -0.1) is 0 Å². The van der Waals surface area contributed by atoms with Crippen LogP contribution in [0, 0.1) is 0 Å². The first-order valence-corrected chi connectivity index (χ1v) is 14.5. The molecule has 0 radical (unpaired) electrons. The van der Waals surface area contributed by atoms with Crippen molar-refractivity contribution in [2.75, 3.05) is 37.4 Å². The second kappa shape index (κ2) is 10.2. The lowest BCUT2D eigenvalue weighted by atomic mass is 10.1. The van der Waals surface area contributed by atoms with E-state index in [0.29, 0.717) is 48.8 Å². The van der Waals surface area contributed by atoms with Crippen LogP contribution in [0.3, 0.4) is 0 Å². The maximum Gasteiger partial charge on any atom is 0.410 e. The molecule has 4 aromatic rings. The lowest BCUT2D eigenvalue weighted by molar-refractivity contribution is 0.0949. The minimum absolute atomic E-state index is 0.0247. The van der Waals surface area contributed by atoms with Gasteiger partial charge in [0.15, 0.2) is 9.84 Å². The van der Waals surface area contributed by atoms with Crippen LogP contribution in [0.1, 0.15) is 16.1 Å². The zero-order valence-electron chi connectivity index (χ0n) is 21.5.